The van der Waals surface area contributed by atoms with Crippen LogP contribution in [0.5, 0.6) is 0 Å². The molecule has 0 radical (unpaired) electrons. The second kappa shape index (κ2) is 9.48. The summed E-state index contributed by atoms with van der Waals surface area (Å²) < 4.78 is 0. The zero-order valence-corrected chi connectivity index (χ0v) is 18.4. The Morgan fingerprint density at radius 2 is 1.80 bits per heavy atom. The first kappa shape index (κ1) is 21.3. The predicted octanol–water partition coefficient (Wildman–Crippen LogP) is 3.45. The summed E-state index contributed by atoms with van der Waals surface area (Å²) in [6.07, 6.45) is 5.20. The molecule has 2 amide bonds. The summed E-state index contributed by atoms with van der Waals surface area (Å²) in [6.45, 7) is 10.7. The average Bonchev–Trinajstić information content (AvgIpc) is 2.75. The number of ketones is 1. The number of hydrogen-bond donors (Lipinski definition) is 2. The van der Waals surface area contributed by atoms with E-state index in [4.69, 9.17) is 0 Å². The quantitative estimate of drug-likeness (QED) is 0.703. The van der Waals surface area contributed by atoms with E-state index in [0.29, 0.717) is 23.8 Å². The van der Waals surface area contributed by atoms with Crippen LogP contribution >= 0.6 is 0 Å². The number of nitrogens with zero attached hydrogens (tertiary/aromatic N) is 2. The number of nitrogens with one attached hydrogen (secondary N) is 2. The van der Waals surface area contributed by atoms with Crippen LogP contribution in [0.3, 0.4) is 0 Å². The second-order valence-electron chi connectivity index (χ2n) is 9.64. The smallest absolute Gasteiger partial charge is 0.319 e. The molecular weight excluding hydrogens is 376 g/mol. The molecule has 1 unspecified atom stereocenters. The minimum atomic E-state index is -0.174. The molecule has 4 aliphatic rings. The highest BCUT2D eigenvalue weighted by atomic mass is 16.2. The van der Waals surface area contributed by atoms with E-state index in [9.17, 15) is 9.59 Å². The van der Waals surface area contributed by atoms with Gasteiger partial charge in [0.1, 0.15) is 0 Å². The largest absolute Gasteiger partial charge is 0.336 e. The number of carbonyl (C=O) groups is 2. The number of carbonyl (C=O) groups excluding carboxylic acids is 2. The van der Waals surface area contributed by atoms with Crippen LogP contribution < -0.4 is 10.6 Å². The molecule has 1 aromatic rings. The molecule has 0 spiro atoms. The molecule has 30 heavy (non-hydrogen) atoms. The first-order valence-electron chi connectivity index (χ1n) is 11.6. The summed E-state index contributed by atoms with van der Waals surface area (Å²) in [5.41, 5.74) is 1.36. The Bertz CT molecular complexity index is 742. The molecule has 6 heteroatoms. The number of benzene rings is 1. The van der Waals surface area contributed by atoms with Crippen LogP contribution in [0.25, 0.3) is 0 Å². The van der Waals surface area contributed by atoms with Crippen LogP contribution in [0.4, 0.5) is 10.5 Å². The SMILES string of the molecule is CC(=O)c1ccc(NC(=O)NC[C@H]2C[C@@H]3CCN2C[C@H]3CN2CCC(C)CC2)cc1. The molecule has 4 aliphatic heterocycles. The number of urea groups is 1. The molecule has 2 N–H and O–H groups in total. The van der Waals surface area contributed by atoms with E-state index in [2.05, 4.69) is 27.4 Å². The third-order valence-corrected chi connectivity index (χ3v) is 7.43. The molecule has 164 valence electrons. The van der Waals surface area contributed by atoms with Gasteiger partial charge in [-0.2, -0.15) is 0 Å². The van der Waals surface area contributed by atoms with Crippen LogP contribution in [0.15, 0.2) is 24.3 Å². The lowest BCUT2D eigenvalue weighted by atomic mass is 9.75. The molecule has 6 nitrogen and oxygen atoms in total. The molecule has 2 bridgehead atoms. The number of piperidine rings is 4. The average molecular weight is 413 g/mol. The third-order valence-electron chi connectivity index (χ3n) is 7.43. The van der Waals surface area contributed by atoms with Crippen molar-refractivity contribution < 1.29 is 9.59 Å². The lowest BCUT2D eigenvalue weighted by molar-refractivity contribution is -0.0142. The lowest BCUT2D eigenvalue weighted by Crippen LogP contribution is -2.58. The fourth-order valence-electron chi connectivity index (χ4n) is 5.42. The molecule has 4 heterocycles. The fraction of sp³-hybridized carbons (Fsp3) is 0.667. The van der Waals surface area contributed by atoms with Crippen LogP contribution in [-0.2, 0) is 0 Å². The second-order valence-corrected chi connectivity index (χ2v) is 9.64. The van der Waals surface area contributed by atoms with Gasteiger partial charge in [-0.15, -0.1) is 0 Å². The highest BCUT2D eigenvalue weighted by molar-refractivity contribution is 5.95. The zero-order chi connectivity index (χ0) is 21.1. The maximum atomic E-state index is 12.3. The molecule has 5 rings (SSSR count). The van der Waals surface area contributed by atoms with Crippen LogP contribution in [0.1, 0.15) is 49.9 Å². The van der Waals surface area contributed by atoms with Crippen molar-refractivity contribution in [2.45, 2.75) is 45.6 Å². The van der Waals surface area contributed by atoms with Gasteiger partial charge in [0.05, 0.1) is 0 Å². The Kier molecular flexibility index (Phi) is 6.74. The number of Topliss-reactive ketones (excluding diaryl/α,β-unsaturated/α-hetero) is 1. The van der Waals surface area contributed by atoms with Crippen molar-refractivity contribution >= 4 is 17.5 Å². The monoisotopic (exact) mass is 412 g/mol. The fourth-order valence-corrected chi connectivity index (χ4v) is 5.42. The number of likely N-dealkylation sites (tertiary alicyclic amines) is 1. The van der Waals surface area contributed by atoms with Crippen LogP contribution in [0.2, 0.25) is 0 Å². The van der Waals surface area contributed by atoms with Crippen molar-refractivity contribution in [1.82, 2.24) is 15.1 Å². The minimum Gasteiger partial charge on any atom is -0.336 e. The van der Waals surface area contributed by atoms with Gasteiger partial charge in [0, 0.05) is 36.9 Å². The third kappa shape index (κ3) is 5.22. The van der Waals surface area contributed by atoms with Gasteiger partial charge in [0.15, 0.2) is 5.78 Å². The Balaban J connectivity index is 1.21. The summed E-state index contributed by atoms with van der Waals surface area (Å²) in [5, 5.41) is 5.93. The highest BCUT2D eigenvalue weighted by Gasteiger charge is 2.40. The van der Waals surface area contributed by atoms with Gasteiger partial charge < -0.3 is 15.5 Å². The summed E-state index contributed by atoms with van der Waals surface area (Å²) in [5.74, 6) is 2.50. The van der Waals surface area contributed by atoms with Gasteiger partial charge >= 0.3 is 6.03 Å². The predicted molar refractivity (Wildman–Crippen MR) is 120 cm³/mol. The van der Waals surface area contributed by atoms with E-state index in [0.717, 1.165) is 17.8 Å². The Morgan fingerprint density at radius 1 is 1.07 bits per heavy atom. The Hall–Kier alpha value is -1.92. The topological polar surface area (TPSA) is 64.7 Å². The molecule has 0 aromatic heterocycles. The highest BCUT2D eigenvalue weighted by Crippen LogP contribution is 2.37. The molecule has 0 aliphatic carbocycles. The molecule has 1 aromatic carbocycles. The number of amides is 2. The maximum absolute atomic E-state index is 12.3. The zero-order valence-electron chi connectivity index (χ0n) is 18.4. The van der Waals surface area contributed by atoms with Gasteiger partial charge in [-0.3, -0.25) is 9.69 Å². The van der Waals surface area contributed by atoms with Crippen LogP contribution in [0, 0.1) is 17.8 Å². The number of anilines is 1. The van der Waals surface area contributed by atoms with E-state index in [1.54, 1.807) is 31.2 Å². The summed E-state index contributed by atoms with van der Waals surface area (Å²) in [7, 11) is 0. The van der Waals surface area contributed by atoms with E-state index in [1.165, 1.54) is 58.4 Å². The number of fused-ring (bicyclic) bond motifs is 3. The van der Waals surface area contributed by atoms with Crippen molar-refractivity contribution in [2.75, 3.05) is 44.6 Å². The first-order valence-corrected chi connectivity index (χ1v) is 11.6. The van der Waals surface area contributed by atoms with Gasteiger partial charge in [-0.05, 0) is 94.3 Å². The summed E-state index contributed by atoms with van der Waals surface area (Å²) in [4.78, 5) is 29.0. The molecule has 4 atom stereocenters. The normalized spacial score (nSPS) is 29.5. The first-order chi connectivity index (χ1) is 14.5. The van der Waals surface area contributed by atoms with Crippen molar-refractivity contribution in [3.05, 3.63) is 29.8 Å². The standard InChI is InChI=1S/C24H36N4O2/c1-17-7-10-27(11-8-17)15-21-16-28-12-9-20(21)13-23(28)14-25-24(30)26-22-5-3-19(4-6-22)18(2)29/h3-6,17,20-21,23H,7-16H2,1-2H3,(H2,25,26,30)/t20-,21+,23+/m0/s1. The van der Waals surface area contributed by atoms with Gasteiger partial charge in [0.25, 0.3) is 0 Å². The van der Waals surface area contributed by atoms with Gasteiger partial charge in [-0.1, -0.05) is 6.92 Å². The molecule has 0 saturated carbocycles. The molecule has 4 saturated heterocycles. The van der Waals surface area contributed by atoms with E-state index in [1.807, 2.05) is 0 Å². The lowest BCUT2D eigenvalue weighted by Gasteiger charge is -2.51. The Morgan fingerprint density at radius 3 is 2.43 bits per heavy atom. The van der Waals surface area contributed by atoms with Crippen molar-refractivity contribution in [1.29, 1.82) is 0 Å². The van der Waals surface area contributed by atoms with Crippen molar-refractivity contribution in [3.8, 4) is 0 Å². The van der Waals surface area contributed by atoms with Crippen molar-refractivity contribution in [2.24, 2.45) is 17.8 Å². The van der Waals surface area contributed by atoms with Gasteiger partial charge in [-0.25, -0.2) is 4.79 Å². The number of hydrogen-bond acceptors (Lipinski definition) is 4. The van der Waals surface area contributed by atoms with E-state index in [-0.39, 0.29) is 11.8 Å². The maximum Gasteiger partial charge on any atom is 0.319 e. The van der Waals surface area contributed by atoms with Crippen molar-refractivity contribution in [3.63, 3.8) is 0 Å². The molecule has 4 fully saturated rings. The van der Waals surface area contributed by atoms with Crippen LogP contribution in [-0.4, -0.2) is 66.9 Å². The van der Waals surface area contributed by atoms with E-state index >= 15 is 0 Å². The van der Waals surface area contributed by atoms with Gasteiger partial charge in [0.2, 0.25) is 0 Å². The minimum absolute atomic E-state index is 0.0283. The Labute approximate surface area is 180 Å². The summed E-state index contributed by atoms with van der Waals surface area (Å²) >= 11 is 0. The number of rotatable bonds is 6. The summed E-state index contributed by atoms with van der Waals surface area (Å²) in [6, 6.07) is 7.31. The molecular formula is C24H36N4O2. The van der Waals surface area contributed by atoms with E-state index < -0.39 is 0 Å².